The first kappa shape index (κ1) is 10.5. The average molecular weight is 237 g/mol. The molecule has 88 valence electrons. The van der Waals surface area contributed by atoms with Crippen LogP contribution in [-0.2, 0) is 0 Å². The second kappa shape index (κ2) is 4.00. The smallest absolute Gasteiger partial charge is 0.185 e. The molecule has 1 aliphatic heterocycles. The van der Waals surface area contributed by atoms with Gasteiger partial charge in [-0.1, -0.05) is 0 Å². The fraction of sp³-hybridized carbons (Fsp3) is 0.750. The van der Waals surface area contributed by atoms with Crippen LogP contribution in [0.25, 0.3) is 0 Å². The molecule has 1 aliphatic carbocycles. The van der Waals surface area contributed by atoms with Crippen molar-refractivity contribution in [2.24, 2.45) is 5.73 Å². The van der Waals surface area contributed by atoms with Crippen molar-refractivity contribution < 1.29 is 0 Å². The predicted molar refractivity (Wildman–Crippen MR) is 68.2 cm³/mol. The number of hydrogen-bond acceptors (Lipinski definition) is 4. The molecule has 16 heavy (non-hydrogen) atoms. The highest BCUT2D eigenvalue weighted by Crippen LogP contribution is 2.45. The van der Waals surface area contributed by atoms with Gasteiger partial charge in [-0.15, -0.1) is 11.3 Å². The SMILES string of the molecule is Cc1nc(N2CCCCC2)sc1C1CC1N. The monoisotopic (exact) mass is 237 g/mol. The zero-order valence-electron chi connectivity index (χ0n) is 9.78. The van der Waals surface area contributed by atoms with Crippen LogP contribution in [0, 0.1) is 6.92 Å². The van der Waals surface area contributed by atoms with E-state index in [0.717, 1.165) is 6.42 Å². The van der Waals surface area contributed by atoms with Crippen molar-refractivity contribution in [1.29, 1.82) is 0 Å². The van der Waals surface area contributed by atoms with Crippen molar-refractivity contribution in [3.63, 3.8) is 0 Å². The molecule has 3 nitrogen and oxygen atoms in total. The Kier molecular flexibility index (Phi) is 2.64. The molecular weight excluding hydrogens is 218 g/mol. The van der Waals surface area contributed by atoms with E-state index in [-0.39, 0.29) is 0 Å². The van der Waals surface area contributed by atoms with Gasteiger partial charge in [-0.2, -0.15) is 0 Å². The van der Waals surface area contributed by atoms with Gasteiger partial charge in [-0.05, 0) is 32.6 Å². The summed E-state index contributed by atoms with van der Waals surface area (Å²) in [6.07, 6.45) is 5.16. The van der Waals surface area contributed by atoms with Gasteiger partial charge < -0.3 is 10.6 Å². The Morgan fingerprint density at radius 2 is 2.00 bits per heavy atom. The molecule has 0 bridgehead atoms. The predicted octanol–water partition coefficient (Wildman–Crippen LogP) is 2.26. The standard InChI is InChI=1S/C12H19N3S/c1-8-11(9-7-10(9)13)16-12(14-8)15-5-3-2-4-6-15/h9-10H,2-7,13H2,1H3. The molecule has 1 aromatic rings. The molecule has 1 saturated heterocycles. The van der Waals surface area contributed by atoms with E-state index in [1.54, 1.807) is 0 Å². The van der Waals surface area contributed by atoms with Gasteiger partial charge in [0.2, 0.25) is 0 Å². The average Bonchev–Trinajstić information content (AvgIpc) is 2.89. The highest BCUT2D eigenvalue weighted by Gasteiger charge is 2.38. The maximum absolute atomic E-state index is 5.92. The summed E-state index contributed by atoms with van der Waals surface area (Å²) in [5.41, 5.74) is 7.13. The van der Waals surface area contributed by atoms with Gasteiger partial charge in [0.05, 0.1) is 5.69 Å². The number of aryl methyl sites for hydroxylation is 1. The summed E-state index contributed by atoms with van der Waals surface area (Å²) >= 11 is 1.88. The maximum Gasteiger partial charge on any atom is 0.185 e. The number of anilines is 1. The molecule has 2 unspecified atom stereocenters. The van der Waals surface area contributed by atoms with Crippen molar-refractivity contribution in [3.05, 3.63) is 10.6 Å². The van der Waals surface area contributed by atoms with Gasteiger partial charge in [0.15, 0.2) is 5.13 Å². The van der Waals surface area contributed by atoms with Crippen LogP contribution in [0.15, 0.2) is 0 Å². The van der Waals surface area contributed by atoms with Crippen LogP contribution in [0.1, 0.15) is 42.2 Å². The lowest BCUT2D eigenvalue weighted by molar-refractivity contribution is 0.576. The number of hydrogen-bond donors (Lipinski definition) is 1. The first-order valence-corrected chi connectivity index (χ1v) is 7.05. The van der Waals surface area contributed by atoms with Gasteiger partial charge in [-0.3, -0.25) is 0 Å². The number of thiazole rings is 1. The number of rotatable bonds is 2. The van der Waals surface area contributed by atoms with Crippen LogP contribution in [0.3, 0.4) is 0 Å². The van der Waals surface area contributed by atoms with Crippen molar-refractivity contribution in [3.8, 4) is 0 Å². The lowest BCUT2D eigenvalue weighted by Gasteiger charge is -2.25. The summed E-state index contributed by atoms with van der Waals surface area (Å²) in [6.45, 7) is 4.50. The van der Waals surface area contributed by atoms with Crippen LogP contribution in [-0.4, -0.2) is 24.1 Å². The van der Waals surface area contributed by atoms with Crippen LogP contribution < -0.4 is 10.6 Å². The largest absolute Gasteiger partial charge is 0.348 e. The zero-order chi connectivity index (χ0) is 11.1. The molecule has 2 heterocycles. The molecule has 0 aromatic carbocycles. The zero-order valence-corrected chi connectivity index (χ0v) is 10.6. The molecular formula is C12H19N3S. The van der Waals surface area contributed by atoms with Gasteiger partial charge in [0.1, 0.15) is 0 Å². The normalized spacial score (nSPS) is 29.5. The van der Waals surface area contributed by atoms with E-state index in [0.29, 0.717) is 12.0 Å². The van der Waals surface area contributed by atoms with Gasteiger partial charge in [0.25, 0.3) is 0 Å². The van der Waals surface area contributed by atoms with Crippen molar-refractivity contribution in [2.75, 3.05) is 18.0 Å². The van der Waals surface area contributed by atoms with Crippen LogP contribution in [0.4, 0.5) is 5.13 Å². The fourth-order valence-corrected chi connectivity index (χ4v) is 3.78. The Hall–Kier alpha value is -0.610. The summed E-state index contributed by atoms with van der Waals surface area (Å²) in [4.78, 5) is 8.60. The molecule has 4 heteroatoms. The lowest BCUT2D eigenvalue weighted by Crippen LogP contribution is -2.29. The van der Waals surface area contributed by atoms with Gasteiger partial charge in [0, 0.05) is 29.9 Å². The minimum Gasteiger partial charge on any atom is -0.348 e. The Bertz CT molecular complexity index is 382. The van der Waals surface area contributed by atoms with E-state index in [2.05, 4.69) is 11.8 Å². The first-order valence-electron chi connectivity index (χ1n) is 6.23. The third kappa shape index (κ3) is 1.84. The molecule has 3 rings (SSSR count). The highest BCUT2D eigenvalue weighted by molar-refractivity contribution is 7.15. The molecule has 0 radical (unpaired) electrons. The summed E-state index contributed by atoms with van der Waals surface area (Å²) in [6, 6.07) is 0.397. The van der Waals surface area contributed by atoms with Crippen LogP contribution in [0.5, 0.6) is 0 Å². The quantitative estimate of drug-likeness (QED) is 0.858. The highest BCUT2D eigenvalue weighted by atomic mass is 32.1. The molecule has 2 aliphatic rings. The fourth-order valence-electron chi connectivity index (χ4n) is 2.47. The number of nitrogens with two attached hydrogens (primary N) is 1. The van der Waals surface area contributed by atoms with Crippen LogP contribution in [0.2, 0.25) is 0 Å². The Morgan fingerprint density at radius 1 is 1.31 bits per heavy atom. The second-order valence-corrected chi connectivity index (χ2v) is 6.01. The molecule has 2 atom stereocenters. The van der Waals surface area contributed by atoms with Gasteiger partial charge in [-0.25, -0.2) is 4.98 Å². The van der Waals surface area contributed by atoms with Gasteiger partial charge >= 0.3 is 0 Å². The van der Waals surface area contributed by atoms with Crippen molar-refractivity contribution >= 4 is 16.5 Å². The Labute approximate surface area is 101 Å². The Balaban J connectivity index is 1.80. The van der Waals surface area contributed by atoms with E-state index in [1.807, 2.05) is 11.3 Å². The van der Waals surface area contributed by atoms with Crippen molar-refractivity contribution in [2.45, 2.75) is 44.6 Å². The maximum atomic E-state index is 5.92. The number of piperidine rings is 1. The van der Waals surface area contributed by atoms with E-state index >= 15 is 0 Å². The van der Waals surface area contributed by atoms with E-state index in [1.165, 1.54) is 48.1 Å². The number of nitrogens with zero attached hydrogens (tertiary/aromatic N) is 2. The third-order valence-electron chi connectivity index (χ3n) is 3.62. The third-order valence-corrected chi connectivity index (χ3v) is 4.97. The second-order valence-electron chi connectivity index (χ2n) is 5.00. The summed E-state index contributed by atoms with van der Waals surface area (Å²) in [5, 5.41) is 1.23. The van der Waals surface area contributed by atoms with E-state index in [4.69, 9.17) is 10.7 Å². The minimum atomic E-state index is 0.397. The first-order chi connectivity index (χ1) is 7.75. The topological polar surface area (TPSA) is 42.2 Å². The molecule has 0 spiro atoms. The summed E-state index contributed by atoms with van der Waals surface area (Å²) < 4.78 is 0. The molecule has 1 saturated carbocycles. The lowest BCUT2D eigenvalue weighted by atomic mass is 10.1. The summed E-state index contributed by atoms with van der Waals surface area (Å²) in [7, 11) is 0. The molecule has 2 fully saturated rings. The molecule has 1 aromatic heterocycles. The minimum absolute atomic E-state index is 0.397. The Morgan fingerprint density at radius 3 is 2.62 bits per heavy atom. The van der Waals surface area contributed by atoms with Crippen molar-refractivity contribution in [1.82, 2.24) is 4.98 Å². The molecule has 2 N–H and O–H groups in total. The molecule has 0 amide bonds. The number of aromatic nitrogens is 1. The van der Waals surface area contributed by atoms with E-state index < -0.39 is 0 Å². The van der Waals surface area contributed by atoms with E-state index in [9.17, 15) is 0 Å². The van der Waals surface area contributed by atoms with Crippen LogP contribution >= 0.6 is 11.3 Å². The summed E-state index contributed by atoms with van der Waals surface area (Å²) in [5.74, 6) is 0.607.